The van der Waals surface area contributed by atoms with Gasteiger partial charge in [0.05, 0.1) is 6.54 Å². The maximum atomic E-state index is 11.3. The predicted octanol–water partition coefficient (Wildman–Crippen LogP) is 1.75. The highest BCUT2D eigenvalue weighted by molar-refractivity contribution is 5.80. The highest BCUT2D eigenvalue weighted by Gasteiger charge is 2.19. The van der Waals surface area contributed by atoms with E-state index in [0.717, 1.165) is 24.6 Å². The lowest BCUT2D eigenvalue weighted by atomic mass is 9.96. The number of hydrogen-bond acceptors (Lipinski definition) is 5. The molecule has 0 bridgehead atoms. The van der Waals surface area contributed by atoms with Crippen LogP contribution in [0.2, 0.25) is 0 Å². The van der Waals surface area contributed by atoms with Crippen LogP contribution in [0.15, 0.2) is 6.07 Å². The number of nitrogens with zero attached hydrogens (tertiary/aromatic N) is 2. The van der Waals surface area contributed by atoms with Gasteiger partial charge >= 0.3 is 0 Å². The summed E-state index contributed by atoms with van der Waals surface area (Å²) in [5.41, 5.74) is -0.145. The standard InChI is InChI=1S/C14H25N5O/c1-6-7-16-10-8-11(17-9-12(20)15-5)19-13(18-10)14(2,3)4/h8H,6-7,9H2,1-5H3,(H,15,20)(H2,16,17,18,19). The molecule has 0 aliphatic heterocycles. The van der Waals surface area contributed by atoms with Crippen LogP contribution in [-0.2, 0) is 10.2 Å². The van der Waals surface area contributed by atoms with Gasteiger partial charge in [0, 0.05) is 25.1 Å². The number of likely N-dealkylation sites (N-methyl/N-ethyl adjacent to an activating group) is 1. The zero-order valence-corrected chi connectivity index (χ0v) is 13.0. The molecule has 1 amide bonds. The average Bonchev–Trinajstić information content (AvgIpc) is 2.41. The molecular formula is C14H25N5O. The molecule has 6 nitrogen and oxygen atoms in total. The summed E-state index contributed by atoms with van der Waals surface area (Å²) in [6.07, 6.45) is 1.02. The first-order chi connectivity index (χ1) is 9.36. The molecule has 1 rings (SSSR count). The Morgan fingerprint density at radius 1 is 1.20 bits per heavy atom. The molecule has 3 N–H and O–H groups in total. The minimum absolute atomic E-state index is 0.0796. The minimum atomic E-state index is -0.145. The summed E-state index contributed by atoms with van der Waals surface area (Å²) in [5, 5.41) is 8.85. The van der Waals surface area contributed by atoms with Gasteiger partial charge in [-0.2, -0.15) is 0 Å². The number of nitrogens with one attached hydrogen (secondary N) is 3. The maximum absolute atomic E-state index is 11.3. The molecule has 1 aromatic rings. The highest BCUT2D eigenvalue weighted by Crippen LogP contribution is 2.22. The third-order valence-electron chi connectivity index (χ3n) is 2.66. The van der Waals surface area contributed by atoms with Gasteiger partial charge in [0.15, 0.2) is 0 Å². The molecule has 0 atom stereocenters. The van der Waals surface area contributed by atoms with Crippen LogP contribution in [0.25, 0.3) is 0 Å². The van der Waals surface area contributed by atoms with Crippen LogP contribution >= 0.6 is 0 Å². The van der Waals surface area contributed by atoms with Crippen LogP contribution in [0.5, 0.6) is 0 Å². The molecule has 1 heterocycles. The molecule has 0 aliphatic carbocycles. The van der Waals surface area contributed by atoms with Crippen molar-refractivity contribution >= 4 is 17.5 Å². The Morgan fingerprint density at radius 2 is 1.80 bits per heavy atom. The highest BCUT2D eigenvalue weighted by atomic mass is 16.1. The smallest absolute Gasteiger partial charge is 0.239 e. The van der Waals surface area contributed by atoms with Crippen molar-refractivity contribution in [3.8, 4) is 0 Å². The number of hydrogen-bond donors (Lipinski definition) is 3. The van der Waals surface area contributed by atoms with Crippen molar-refractivity contribution in [2.45, 2.75) is 39.5 Å². The van der Waals surface area contributed by atoms with Crippen LogP contribution in [0.4, 0.5) is 11.6 Å². The molecule has 0 saturated heterocycles. The topological polar surface area (TPSA) is 78.9 Å². The second-order valence-electron chi connectivity index (χ2n) is 5.67. The molecule has 1 aromatic heterocycles. The lowest BCUT2D eigenvalue weighted by Crippen LogP contribution is -2.27. The van der Waals surface area contributed by atoms with Gasteiger partial charge in [-0.3, -0.25) is 4.79 Å². The second kappa shape index (κ2) is 7.07. The molecule has 0 radical (unpaired) electrons. The zero-order valence-electron chi connectivity index (χ0n) is 13.0. The summed E-state index contributed by atoms with van der Waals surface area (Å²) < 4.78 is 0. The van der Waals surface area contributed by atoms with Gasteiger partial charge in [0.25, 0.3) is 0 Å². The van der Waals surface area contributed by atoms with E-state index in [2.05, 4.69) is 53.6 Å². The number of rotatable bonds is 6. The van der Waals surface area contributed by atoms with Crippen LogP contribution in [0, 0.1) is 0 Å². The Kier molecular flexibility index (Phi) is 5.73. The van der Waals surface area contributed by atoms with Gasteiger partial charge < -0.3 is 16.0 Å². The van der Waals surface area contributed by atoms with Crippen LogP contribution in [0.1, 0.15) is 39.9 Å². The van der Waals surface area contributed by atoms with Crippen molar-refractivity contribution in [1.82, 2.24) is 15.3 Å². The lowest BCUT2D eigenvalue weighted by Gasteiger charge is -2.19. The maximum Gasteiger partial charge on any atom is 0.239 e. The van der Waals surface area contributed by atoms with E-state index < -0.39 is 0 Å². The second-order valence-corrected chi connectivity index (χ2v) is 5.67. The van der Waals surface area contributed by atoms with E-state index >= 15 is 0 Å². The summed E-state index contributed by atoms with van der Waals surface area (Å²) in [7, 11) is 1.61. The molecule has 6 heteroatoms. The van der Waals surface area contributed by atoms with E-state index in [9.17, 15) is 4.79 Å². The average molecular weight is 279 g/mol. The van der Waals surface area contributed by atoms with Crippen molar-refractivity contribution in [3.63, 3.8) is 0 Å². The summed E-state index contributed by atoms with van der Waals surface area (Å²) in [5.74, 6) is 2.11. The predicted molar refractivity (Wildman–Crippen MR) is 82.1 cm³/mol. The van der Waals surface area contributed by atoms with E-state index in [0.29, 0.717) is 5.82 Å². The summed E-state index contributed by atoms with van der Waals surface area (Å²) in [6.45, 7) is 9.35. The Labute approximate surface area is 120 Å². The van der Waals surface area contributed by atoms with Crippen molar-refractivity contribution in [2.75, 3.05) is 30.8 Å². The Balaban J connectivity index is 2.94. The number of carbonyl (C=O) groups is 1. The third kappa shape index (κ3) is 5.03. The van der Waals surface area contributed by atoms with Crippen molar-refractivity contribution in [1.29, 1.82) is 0 Å². The van der Waals surface area contributed by atoms with Crippen molar-refractivity contribution in [3.05, 3.63) is 11.9 Å². The molecule has 0 aliphatic rings. The summed E-state index contributed by atoms with van der Waals surface area (Å²) in [6, 6.07) is 1.83. The first-order valence-corrected chi connectivity index (χ1v) is 6.94. The van der Waals surface area contributed by atoms with Gasteiger partial charge in [-0.1, -0.05) is 27.7 Å². The van der Waals surface area contributed by atoms with E-state index in [1.807, 2.05) is 6.07 Å². The molecule has 0 spiro atoms. The Bertz CT molecular complexity index is 453. The summed E-state index contributed by atoms with van der Waals surface area (Å²) in [4.78, 5) is 20.3. The number of carbonyl (C=O) groups excluding carboxylic acids is 1. The molecule has 112 valence electrons. The SMILES string of the molecule is CCCNc1cc(NCC(=O)NC)nc(C(C)(C)C)n1. The minimum Gasteiger partial charge on any atom is -0.370 e. The van der Waals surface area contributed by atoms with E-state index in [1.54, 1.807) is 7.05 Å². The normalized spacial score (nSPS) is 11.1. The van der Waals surface area contributed by atoms with Gasteiger partial charge in [-0.25, -0.2) is 9.97 Å². The van der Waals surface area contributed by atoms with Gasteiger partial charge in [0.1, 0.15) is 17.5 Å². The van der Waals surface area contributed by atoms with Crippen LogP contribution in [0.3, 0.4) is 0 Å². The molecule has 0 unspecified atom stereocenters. The van der Waals surface area contributed by atoms with Crippen molar-refractivity contribution in [2.24, 2.45) is 0 Å². The fraction of sp³-hybridized carbons (Fsp3) is 0.643. The number of aromatic nitrogens is 2. The first-order valence-electron chi connectivity index (χ1n) is 6.94. The van der Waals surface area contributed by atoms with Gasteiger partial charge in [-0.05, 0) is 6.42 Å². The quantitative estimate of drug-likeness (QED) is 0.739. The first kappa shape index (κ1) is 16.2. The van der Waals surface area contributed by atoms with Crippen LogP contribution < -0.4 is 16.0 Å². The van der Waals surface area contributed by atoms with E-state index in [-0.39, 0.29) is 17.9 Å². The lowest BCUT2D eigenvalue weighted by molar-refractivity contribution is -0.118. The van der Waals surface area contributed by atoms with E-state index in [4.69, 9.17) is 0 Å². The third-order valence-corrected chi connectivity index (χ3v) is 2.66. The fourth-order valence-corrected chi connectivity index (χ4v) is 1.48. The van der Waals surface area contributed by atoms with E-state index in [1.165, 1.54) is 0 Å². The monoisotopic (exact) mass is 279 g/mol. The molecule has 0 fully saturated rings. The van der Waals surface area contributed by atoms with Crippen molar-refractivity contribution < 1.29 is 4.79 Å². The Morgan fingerprint density at radius 3 is 2.30 bits per heavy atom. The number of anilines is 2. The van der Waals surface area contributed by atoms with Crippen LogP contribution in [-0.4, -0.2) is 36.0 Å². The number of amides is 1. The fourth-order valence-electron chi connectivity index (χ4n) is 1.48. The Hall–Kier alpha value is -1.85. The molecular weight excluding hydrogens is 254 g/mol. The largest absolute Gasteiger partial charge is 0.370 e. The summed E-state index contributed by atoms with van der Waals surface area (Å²) >= 11 is 0. The van der Waals surface area contributed by atoms with Gasteiger partial charge in [-0.15, -0.1) is 0 Å². The van der Waals surface area contributed by atoms with Gasteiger partial charge in [0.2, 0.25) is 5.91 Å². The molecule has 20 heavy (non-hydrogen) atoms. The molecule has 0 aromatic carbocycles. The molecule has 0 saturated carbocycles. The zero-order chi connectivity index (χ0) is 15.2.